The van der Waals surface area contributed by atoms with Crippen LogP contribution in [0, 0.1) is 0 Å². The minimum atomic E-state index is 0. The predicted octanol–water partition coefficient (Wildman–Crippen LogP) is 2.53. The smallest absolute Gasteiger partial charge is 0.872 e. The quantitative estimate of drug-likeness (QED) is 0.647. The van der Waals surface area contributed by atoms with E-state index in [1.54, 1.807) is 48.5 Å². The van der Waals surface area contributed by atoms with Crippen LogP contribution in [-0.2, 0) is 0 Å². The number of para-hydroxylation sites is 3. The van der Waals surface area contributed by atoms with Gasteiger partial charge in [-0.3, -0.25) is 0 Å². The van der Waals surface area contributed by atoms with Crippen LogP contribution >= 0.6 is 0 Å². The number of phenols is 1. The van der Waals surface area contributed by atoms with Gasteiger partial charge in [-0.15, -0.1) is 11.5 Å². The molecule has 4 heteroatoms. The molecule has 0 atom stereocenters. The largest absolute Gasteiger partial charge is 2.00 e. The third-order valence-electron chi connectivity index (χ3n) is 2.24. The van der Waals surface area contributed by atoms with Crippen molar-refractivity contribution < 1.29 is 15.3 Å². The molecule has 0 aliphatic rings. The van der Waals surface area contributed by atoms with Gasteiger partial charge < -0.3 is 15.3 Å². The van der Waals surface area contributed by atoms with Gasteiger partial charge in [-0.1, -0.05) is 78.9 Å². The average Bonchev–Trinajstić information content (AvgIpc) is 2.51. The number of aromatic hydroxyl groups is 1. The Morgan fingerprint density at radius 3 is 0.909 bits per heavy atom. The summed E-state index contributed by atoms with van der Waals surface area (Å²) in [4.78, 5) is 0. The van der Waals surface area contributed by atoms with Crippen molar-refractivity contribution in [3.8, 4) is 17.2 Å². The summed E-state index contributed by atoms with van der Waals surface area (Å²) in [6.45, 7) is 0. The first-order chi connectivity index (χ1) is 10.2. The summed E-state index contributed by atoms with van der Waals surface area (Å²) in [6.07, 6.45) is 0. The van der Waals surface area contributed by atoms with Gasteiger partial charge in [-0.05, 0) is 12.1 Å². The van der Waals surface area contributed by atoms with Crippen molar-refractivity contribution in [1.29, 1.82) is 0 Å². The van der Waals surface area contributed by atoms with Crippen molar-refractivity contribution in [2.24, 2.45) is 0 Å². The van der Waals surface area contributed by atoms with Gasteiger partial charge in [0.05, 0.1) is 0 Å². The van der Waals surface area contributed by atoms with Gasteiger partial charge in [0.25, 0.3) is 0 Å². The normalized spacial score (nSPS) is 8.18. The summed E-state index contributed by atoms with van der Waals surface area (Å²) in [6, 6.07) is 25.4. The van der Waals surface area contributed by atoms with Gasteiger partial charge in [0.2, 0.25) is 0 Å². The molecule has 0 unspecified atom stereocenters. The van der Waals surface area contributed by atoms with Crippen LogP contribution in [-0.4, -0.2) is 42.8 Å². The minimum Gasteiger partial charge on any atom is -0.872 e. The molecule has 0 heterocycles. The predicted molar refractivity (Wildman–Crippen MR) is 85.6 cm³/mol. The second-order valence-corrected chi connectivity index (χ2v) is 3.96. The van der Waals surface area contributed by atoms with Gasteiger partial charge in [0.15, 0.2) is 0 Å². The van der Waals surface area contributed by atoms with Crippen molar-refractivity contribution in [2.75, 3.05) is 0 Å². The maximum Gasteiger partial charge on any atom is 2.00 e. The summed E-state index contributed by atoms with van der Waals surface area (Å²) in [5, 5.41) is 29.2. The molecule has 0 aliphatic carbocycles. The van der Waals surface area contributed by atoms with Gasteiger partial charge in [-0.2, -0.15) is 0 Å². The van der Waals surface area contributed by atoms with Crippen LogP contribution in [0.1, 0.15) is 0 Å². The molecule has 3 aromatic carbocycles. The molecule has 3 nitrogen and oxygen atoms in total. The van der Waals surface area contributed by atoms with Crippen molar-refractivity contribution in [3.63, 3.8) is 0 Å². The van der Waals surface area contributed by atoms with Crippen LogP contribution in [0.25, 0.3) is 0 Å². The van der Waals surface area contributed by atoms with E-state index in [2.05, 4.69) is 0 Å². The Balaban J connectivity index is 0.000000294. The zero-order chi connectivity index (χ0) is 15.3. The van der Waals surface area contributed by atoms with Gasteiger partial charge in [0, 0.05) is 0 Å². The Bertz CT molecular complexity index is 497. The fourth-order valence-corrected chi connectivity index (χ4v) is 1.27. The Morgan fingerprint density at radius 1 is 0.500 bits per heavy atom. The van der Waals surface area contributed by atoms with Crippen LogP contribution in [0.5, 0.6) is 17.2 Å². The Labute approximate surface area is 160 Å². The molecule has 0 aliphatic heterocycles. The molecule has 0 radical (unpaired) electrons. The van der Waals surface area contributed by atoms with Crippen LogP contribution < -0.4 is 10.2 Å². The summed E-state index contributed by atoms with van der Waals surface area (Å²) in [5.41, 5.74) is 0. The maximum absolute atomic E-state index is 10.3. The number of rotatable bonds is 0. The first kappa shape index (κ1) is 20.3. The third kappa shape index (κ3) is 11.0. The van der Waals surface area contributed by atoms with E-state index in [-0.39, 0.29) is 49.2 Å². The van der Waals surface area contributed by atoms with Gasteiger partial charge in [-0.25, -0.2) is 0 Å². The van der Waals surface area contributed by atoms with Crippen molar-refractivity contribution in [1.82, 2.24) is 0 Å². The maximum atomic E-state index is 10.3. The Kier molecular flexibility index (Phi) is 12.0. The summed E-state index contributed by atoms with van der Waals surface area (Å²) in [5.74, 6) is 0.465. The first-order valence-electron chi connectivity index (χ1n) is 6.36. The van der Waals surface area contributed by atoms with E-state index in [4.69, 9.17) is 5.11 Å². The Morgan fingerprint density at radius 2 is 0.773 bits per heavy atom. The second-order valence-electron chi connectivity index (χ2n) is 3.96. The molecular formula is C18H16CaO3. The molecule has 0 aromatic heterocycles. The van der Waals surface area contributed by atoms with Gasteiger partial charge in [0.1, 0.15) is 5.75 Å². The monoisotopic (exact) mass is 320 g/mol. The molecule has 0 spiro atoms. The van der Waals surface area contributed by atoms with Crippen molar-refractivity contribution in [3.05, 3.63) is 91.0 Å². The van der Waals surface area contributed by atoms with E-state index in [1.165, 1.54) is 24.3 Å². The van der Waals surface area contributed by atoms with Gasteiger partial charge >= 0.3 is 37.7 Å². The van der Waals surface area contributed by atoms with E-state index >= 15 is 0 Å². The molecule has 0 saturated carbocycles. The number of hydrogen-bond acceptors (Lipinski definition) is 3. The van der Waals surface area contributed by atoms with Crippen molar-refractivity contribution in [2.45, 2.75) is 0 Å². The molecule has 0 amide bonds. The molecule has 22 heavy (non-hydrogen) atoms. The summed E-state index contributed by atoms with van der Waals surface area (Å²) < 4.78 is 0. The molecule has 1 N–H and O–H groups in total. The van der Waals surface area contributed by atoms with E-state index in [0.717, 1.165) is 0 Å². The summed E-state index contributed by atoms with van der Waals surface area (Å²) >= 11 is 0. The first-order valence-corrected chi connectivity index (χ1v) is 6.36. The number of benzene rings is 3. The molecule has 3 aromatic rings. The third-order valence-corrected chi connectivity index (χ3v) is 2.24. The van der Waals surface area contributed by atoms with E-state index in [9.17, 15) is 10.2 Å². The zero-order valence-corrected chi connectivity index (χ0v) is 14.3. The van der Waals surface area contributed by atoms with E-state index < -0.39 is 0 Å². The molecule has 108 valence electrons. The zero-order valence-electron chi connectivity index (χ0n) is 12.1. The minimum absolute atomic E-state index is 0. The van der Waals surface area contributed by atoms with E-state index in [0.29, 0.717) is 5.75 Å². The fourth-order valence-electron chi connectivity index (χ4n) is 1.27. The number of phenolic OH excluding ortho intramolecular Hbond substituents is 1. The Hall–Kier alpha value is -1.68. The molecule has 0 bridgehead atoms. The molecule has 3 rings (SSSR count). The van der Waals surface area contributed by atoms with E-state index in [1.807, 2.05) is 18.2 Å². The number of hydrogen-bond donors (Lipinski definition) is 1. The molecular weight excluding hydrogens is 304 g/mol. The second kappa shape index (κ2) is 13.0. The fraction of sp³-hybridized carbons (Fsp3) is 0. The van der Waals surface area contributed by atoms with Crippen molar-refractivity contribution >= 4 is 37.7 Å². The van der Waals surface area contributed by atoms with Crippen LogP contribution in [0.4, 0.5) is 0 Å². The summed E-state index contributed by atoms with van der Waals surface area (Å²) in [7, 11) is 0. The average molecular weight is 320 g/mol. The molecule has 0 fully saturated rings. The topological polar surface area (TPSA) is 66.3 Å². The standard InChI is InChI=1S/3C6H6O.Ca/c3*7-6-4-2-1-3-5-6;/h3*1-5,7H;/q;;;+2/p-2. The van der Waals surface area contributed by atoms with Crippen LogP contribution in [0.2, 0.25) is 0 Å². The van der Waals surface area contributed by atoms with Crippen LogP contribution in [0.3, 0.4) is 0 Å². The SMILES string of the molecule is Oc1ccccc1.[Ca+2].[O-]c1ccccc1.[O-]c1ccccc1. The van der Waals surface area contributed by atoms with Crippen LogP contribution in [0.15, 0.2) is 91.0 Å². The molecule has 0 saturated heterocycles.